The number of carbonyl (C=O) groups is 1. The van der Waals surface area contributed by atoms with Crippen LogP contribution in [0.3, 0.4) is 0 Å². The Bertz CT molecular complexity index is 806. The highest BCUT2D eigenvalue weighted by molar-refractivity contribution is 6.02. The van der Waals surface area contributed by atoms with Gasteiger partial charge in [0.25, 0.3) is 11.6 Å². The highest BCUT2D eigenvalue weighted by Gasteiger charge is 2.14. The SMILES string of the molecule is O=C(c1ccccc1)n1ccc2ccc([N+](=O)[O-])cc21. The summed E-state index contributed by atoms with van der Waals surface area (Å²) in [7, 11) is 0. The number of non-ortho nitro benzene ring substituents is 1. The minimum absolute atomic E-state index is 0.0293. The molecule has 0 saturated carbocycles. The van der Waals surface area contributed by atoms with Gasteiger partial charge >= 0.3 is 0 Å². The summed E-state index contributed by atoms with van der Waals surface area (Å²) in [6, 6.07) is 15.1. The molecule has 0 amide bonds. The molecule has 0 aliphatic heterocycles. The molecule has 0 saturated heterocycles. The lowest BCUT2D eigenvalue weighted by Crippen LogP contribution is -2.10. The van der Waals surface area contributed by atoms with Gasteiger partial charge in [-0.25, -0.2) is 0 Å². The summed E-state index contributed by atoms with van der Waals surface area (Å²) >= 11 is 0. The van der Waals surface area contributed by atoms with Crippen molar-refractivity contribution in [2.75, 3.05) is 0 Å². The van der Waals surface area contributed by atoms with Crippen LogP contribution in [0.4, 0.5) is 5.69 Å². The lowest BCUT2D eigenvalue weighted by atomic mass is 10.2. The highest BCUT2D eigenvalue weighted by atomic mass is 16.6. The largest absolute Gasteiger partial charge is 0.283 e. The van der Waals surface area contributed by atoms with Crippen molar-refractivity contribution in [3.05, 3.63) is 76.5 Å². The Kier molecular flexibility index (Phi) is 2.80. The van der Waals surface area contributed by atoms with Crippen LogP contribution >= 0.6 is 0 Å². The number of hydrogen-bond acceptors (Lipinski definition) is 3. The second-order valence-electron chi connectivity index (χ2n) is 4.36. The van der Waals surface area contributed by atoms with E-state index in [0.717, 1.165) is 5.39 Å². The number of aromatic nitrogens is 1. The quantitative estimate of drug-likeness (QED) is 0.528. The third-order valence-electron chi connectivity index (χ3n) is 3.13. The molecule has 5 nitrogen and oxygen atoms in total. The van der Waals surface area contributed by atoms with E-state index >= 15 is 0 Å². The van der Waals surface area contributed by atoms with Gasteiger partial charge in [-0.1, -0.05) is 18.2 Å². The highest BCUT2D eigenvalue weighted by Crippen LogP contribution is 2.22. The Balaban J connectivity index is 2.14. The maximum Gasteiger partial charge on any atom is 0.271 e. The standard InChI is InChI=1S/C15H10N2O3/c18-15(12-4-2-1-3-5-12)16-9-8-11-6-7-13(17(19)20)10-14(11)16/h1-10H. The van der Waals surface area contributed by atoms with Crippen molar-refractivity contribution in [1.29, 1.82) is 0 Å². The molecule has 3 rings (SSSR count). The predicted octanol–water partition coefficient (Wildman–Crippen LogP) is 3.24. The number of nitro benzene ring substituents is 1. The molecule has 3 aromatic rings. The van der Waals surface area contributed by atoms with Crippen LogP contribution in [0.25, 0.3) is 10.9 Å². The molecular weight excluding hydrogens is 256 g/mol. The summed E-state index contributed by atoms with van der Waals surface area (Å²) in [6.07, 6.45) is 1.63. The van der Waals surface area contributed by atoms with Gasteiger partial charge in [0.05, 0.1) is 10.4 Å². The van der Waals surface area contributed by atoms with Crippen molar-refractivity contribution in [2.24, 2.45) is 0 Å². The zero-order chi connectivity index (χ0) is 14.1. The third kappa shape index (κ3) is 1.95. The smallest absolute Gasteiger partial charge is 0.271 e. The molecule has 0 aliphatic carbocycles. The first-order valence-corrected chi connectivity index (χ1v) is 6.02. The molecule has 5 heteroatoms. The number of fused-ring (bicyclic) bond motifs is 1. The average Bonchev–Trinajstić information content (AvgIpc) is 2.90. The topological polar surface area (TPSA) is 65.1 Å². The van der Waals surface area contributed by atoms with Crippen molar-refractivity contribution in [3.8, 4) is 0 Å². The number of hydrogen-bond donors (Lipinski definition) is 0. The Labute approximate surface area is 114 Å². The summed E-state index contributed by atoms with van der Waals surface area (Å²) in [5, 5.41) is 11.6. The first-order chi connectivity index (χ1) is 9.66. The molecule has 0 N–H and O–H groups in total. The Hall–Kier alpha value is -2.95. The van der Waals surface area contributed by atoms with Gasteiger partial charge in [0, 0.05) is 29.3 Å². The van der Waals surface area contributed by atoms with E-state index in [1.54, 1.807) is 42.6 Å². The number of carbonyl (C=O) groups excluding carboxylic acids is 1. The molecule has 0 fully saturated rings. The molecule has 0 unspecified atom stereocenters. The predicted molar refractivity (Wildman–Crippen MR) is 74.8 cm³/mol. The minimum Gasteiger partial charge on any atom is -0.283 e. The van der Waals surface area contributed by atoms with Gasteiger partial charge in [-0.2, -0.15) is 0 Å². The maximum absolute atomic E-state index is 12.4. The normalized spacial score (nSPS) is 10.6. The summed E-state index contributed by atoms with van der Waals surface area (Å²) in [6.45, 7) is 0. The van der Waals surface area contributed by atoms with E-state index in [4.69, 9.17) is 0 Å². The Morgan fingerprint density at radius 3 is 2.50 bits per heavy atom. The van der Waals surface area contributed by atoms with Crippen LogP contribution in [0, 0.1) is 10.1 Å². The maximum atomic E-state index is 12.4. The third-order valence-corrected chi connectivity index (χ3v) is 3.13. The van der Waals surface area contributed by atoms with Crippen LogP contribution in [0.2, 0.25) is 0 Å². The van der Waals surface area contributed by atoms with Gasteiger partial charge in [-0.3, -0.25) is 19.5 Å². The lowest BCUT2D eigenvalue weighted by molar-refractivity contribution is -0.384. The second kappa shape index (κ2) is 4.62. The summed E-state index contributed by atoms with van der Waals surface area (Å²) in [5.74, 6) is -0.207. The molecule has 0 radical (unpaired) electrons. The van der Waals surface area contributed by atoms with Crippen molar-refractivity contribution >= 4 is 22.5 Å². The van der Waals surface area contributed by atoms with Crippen LogP contribution < -0.4 is 0 Å². The van der Waals surface area contributed by atoms with Crippen LogP contribution in [0.5, 0.6) is 0 Å². The van der Waals surface area contributed by atoms with Crippen LogP contribution in [-0.4, -0.2) is 15.4 Å². The molecule has 1 aromatic heterocycles. The first-order valence-electron chi connectivity index (χ1n) is 6.02. The monoisotopic (exact) mass is 266 g/mol. The van der Waals surface area contributed by atoms with Crippen molar-refractivity contribution in [3.63, 3.8) is 0 Å². The minimum atomic E-state index is -0.468. The average molecular weight is 266 g/mol. The van der Waals surface area contributed by atoms with Gasteiger partial charge in [-0.15, -0.1) is 0 Å². The molecule has 2 aromatic carbocycles. The van der Waals surface area contributed by atoms with E-state index in [0.29, 0.717) is 11.1 Å². The molecule has 0 spiro atoms. The van der Waals surface area contributed by atoms with E-state index in [-0.39, 0.29) is 11.6 Å². The van der Waals surface area contributed by atoms with E-state index < -0.39 is 4.92 Å². The molecule has 20 heavy (non-hydrogen) atoms. The fourth-order valence-electron chi connectivity index (χ4n) is 2.13. The van der Waals surface area contributed by atoms with Gasteiger partial charge < -0.3 is 0 Å². The zero-order valence-corrected chi connectivity index (χ0v) is 10.4. The molecule has 0 bridgehead atoms. The van der Waals surface area contributed by atoms with Crippen LogP contribution in [0.1, 0.15) is 10.4 Å². The molecule has 1 heterocycles. The van der Waals surface area contributed by atoms with Gasteiger partial charge in [0.15, 0.2) is 0 Å². The number of nitrogens with zero attached hydrogens (tertiary/aromatic N) is 2. The van der Waals surface area contributed by atoms with Gasteiger partial charge in [0.2, 0.25) is 0 Å². The molecule has 0 atom stereocenters. The fraction of sp³-hybridized carbons (Fsp3) is 0. The van der Waals surface area contributed by atoms with Crippen molar-refractivity contribution < 1.29 is 9.72 Å². The summed E-state index contributed by atoms with van der Waals surface area (Å²) < 4.78 is 1.43. The van der Waals surface area contributed by atoms with Crippen LogP contribution in [0.15, 0.2) is 60.8 Å². The van der Waals surface area contributed by atoms with Crippen molar-refractivity contribution in [1.82, 2.24) is 4.57 Å². The molecule has 0 aliphatic rings. The number of rotatable bonds is 2. The molecule has 98 valence electrons. The fourth-order valence-corrected chi connectivity index (χ4v) is 2.13. The first kappa shape index (κ1) is 12.1. The number of nitro groups is 1. The Morgan fingerprint density at radius 1 is 1.05 bits per heavy atom. The van der Waals surface area contributed by atoms with E-state index in [1.807, 2.05) is 6.07 Å². The summed E-state index contributed by atoms with van der Waals surface area (Å²) in [5.41, 5.74) is 1.04. The van der Waals surface area contributed by atoms with Crippen LogP contribution in [-0.2, 0) is 0 Å². The van der Waals surface area contributed by atoms with Crippen molar-refractivity contribution in [2.45, 2.75) is 0 Å². The second-order valence-corrected chi connectivity index (χ2v) is 4.36. The zero-order valence-electron chi connectivity index (χ0n) is 10.4. The lowest BCUT2D eigenvalue weighted by Gasteiger charge is -2.04. The number of benzene rings is 2. The Morgan fingerprint density at radius 2 is 1.80 bits per heavy atom. The molecular formula is C15H10N2O3. The van der Waals surface area contributed by atoms with E-state index in [9.17, 15) is 14.9 Å². The van der Waals surface area contributed by atoms with Gasteiger partial charge in [0.1, 0.15) is 0 Å². The van der Waals surface area contributed by atoms with E-state index in [1.165, 1.54) is 16.7 Å². The van der Waals surface area contributed by atoms with E-state index in [2.05, 4.69) is 0 Å². The summed E-state index contributed by atoms with van der Waals surface area (Å²) in [4.78, 5) is 22.8. The van der Waals surface area contributed by atoms with Gasteiger partial charge in [-0.05, 0) is 24.3 Å².